The van der Waals surface area contributed by atoms with Crippen LogP contribution < -0.4 is 4.74 Å². The van der Waals surface area contributed by atoms with Gasteiger partial charge < -0.3 is 4.74 Å². The van der Waals surface area contributed by atoms with E-state index in [-0.39, 0.29) is 23.8 Å². The quantitative estimate of drug-likeness (QED) is 0.508. The molecule has 0 bridgehead atoms. The summed E-state index contributed by atoms with van der Waals surface area (Å²) < 4.78 is 19.6. The van der Waals surface area contributed by atoms with Crippen LogP contribution in [0.15, 0.2) is 88.5 Å². The van der Waals surface area contributed by atoms with Crippen molar-refractivity contribution in [3.8, 4) is 5.75 Å². The van der Waals surface area contributed by atoms with E-state index in [1.165, 1.54) is 22.8 Å². The maximum Gasteiger partial charge on any atom is 0.283 e. The molecule has 2 heterocycles. The molecular weight excluding hydrogens is 451 g/mol. The van der Waals surface area contributed by atoms with Gasteiger partial charge in [-0.2, -0.15) is 15.1 Å². The van der Waals surface area contributed by atoms with Crippen LogP contribution in [0.4, 0.5) is 4.39 Å². The largest absolute Gasteiger partial charge is 0.489 e. The van der Waals surface area contributed by atoms with Crippen LogP contribution in [0.3, 0.4) is 0 Å². The third-order valence-electron chi connectivity index (χ3n) is 5.27. The van der Waals surface area contributed by atoms with Crippen molar-refractivity contribution in [2.45, 2.75) is 13.5 Å². The van der Waals surface area contributed by atoms with Gasteiger partial charge >= 0.3 is 0 Å². The van der Waals surface area contributed by atoms with Crippen LogP contribution in [-0.2, 0) is 11.4 Å². The third-order valence-corrected chi connectivity index (χ3v) is 6.23. The predicted molar refractivity (Wildman–Crippen MR) is 132 cm³/mol. The fourth-order valence-electron chi connectivity index (χ4n) is 3.44. The number of ether oxygens (including phenoxy) is 1. The number of rotatable bonds is 5. The van der Waals surface area contributed by atoms with E-state index in [1.54, 1.807) is 48.5 Å². The van der Waals surface area contributed by atoms with Crippen molar-refractivity contribution in [1.82, 2.24) is 5.01 Å². The Labute approximate surface area is 200 Å². The minimum absolute atomic E-state index is 0.0395. The number of carbonyl (C=O) groups excluding carboxylic acids is 1. The molecule has 5 rings (SSSR count). The fourth-order valence-corrected chi connectivity index (χ4v) is 4.34. The van der Waals surface area contributed by atoms with Gasteiger partial charge in [-0.3, -0.25) is 10.2 Å². The highest BCUT2D eigenvalue weighted by Crippen LogP contribution is 2.31. The van der Waals surface area contributed by atoms with Gasteiger partial charge in [-0.25, -0.2) is 4.39 Å². The van der Waals surface area contributed by atoms with Crippen molar-refractivity contribution in [1.29, 1.82) is 5.41 Å². The van der Waals surface area contributed by atoms with E-state index in [1.807, 2.05) is 31.2 Å². The summed E-state index contributed by atoms with van der Waals surface area (Å²) in [6.07, 6.45) is 1.59. The lowest BCUT2D eigenvalue weighted by atomic mass is 10.1. The van der Waals surface area contributed by atoms with Gasteiger partial charge in [0, 0.05) is 11.1 Å². The Bertz CT molecular complexity index is 1400. The SMILES string of the molecule is Cc1ccc(C2=NN3C(=N)/C(=C\c4cccc(OCc5ccccc5F)c4)C(=O)N=C3S2)cc1. The summed E-state index contributed by atoms with van der Waals surface area (Å²) in [5.41, 5.74) is 3.27. The normalized spacial score (nSPS) is 16.4. The topological polar surface area (TPSA) is 78.1 Å². The highest BCUT2D eigenvalue weighted by Gasteiger charge is 2.36. The summed E-state index contributed by atoms with van der Waals surface area (Å²) >= 11 is 1.26. The number of hydrogen-bond acceptors (Lipinski definition) is 5. The van der Waals surface area contributed by atoms with Crippen molar-refractivity contribution in [3.05, 3.63) is 106 Å². The Balaban J connectivity index is 1.37. The van der Waals surface area contributed by atoms with Gasteiger partial charge in [-0.1, -0.05) is 60.2 Å². The summed E-state index contributed by atoms with van der Waals surface area (Å²) in [7, 11) is 0. The predicted octanol–water partition coefficient (Wildman–Crippen LogP) is 5.38. The molecule has 0 saturated heterocycles. The number of hydrogen-bond donors (Lipinski definition) is 1. The summed E-state index contributed by atoms with van der Waals surface area (Å²) in [6.45, 7) is 2.09. The first-order chi connectivity index (χ1) is 16.5. The van der Waals surface area contributed by atoms with E-state index >= 15 is 0 Å². The van der Waals surface area contributed by atoms with Crippen molar-refractivity contribution < 1.29 is 13.9 Å². The minimum Gasteiger partial charge on any atom is -0.489 e. The average Bonchev–Trinajstić information content (AvgIpc) is 3.26. The van der Waals surface area contributed by atoms with Gasteiger partial charge in [-0.05, 0) is 48.5 Å². The fraction of sp³-hybridized carbons (Fsp3) is 0.0769. The Morgan fingerprint density at radius 3 is 2.68 bits per heavy atom. The van der Waals surface area contributed by atoms with Crippen molar-refractivity contribution in [2.75, 3.05) is 0 Å². The van der Waals surface area contributed by atoms with Gasteiger partial charge in [0.2, 0.25) is 5.17 Å². The van der Waals surface area contributed by atoms with Crippen LogP contribution in [0.25, 0.3) is 6.08 Å². The van der Waals surface area contributed by atoms with Crippen LogP contribution in [0, 0.1) is 18.2 Å². The smallest absolute Gasteiger partial charge is 0.283 e. The maximum atomic E-state index is 13.8. The molecule has 1 amide bonds. The molecule has 34 heavy (non-hydrogen) atoms. The van der Waals surface area contributed by atoms with E-state index in [9.17, 15) is 9.18 Å². The van der Waals surface area contributed by atoms with Gasteiger partial charge in [0.15, 0.2) is 5.84 Å². The lowest BCUT2D eigenvalue weighted by Gasteiger charge is -2.20. The zero-order valence-electron chi connectivity index (χ0n) is 18.2. The molecule has 2 aliphatic heterocycles. The molecule has 3 aromatic carbocycles. The Morgan fingerprint density at radius 2 is 1.88 bits per heavy atom. The second-order valence-electron chi connectivity index (χ2n) is 7.74. The Morgan fingerprint density at radius 1 is 1.09 bits per heavy atom. The number of halogens is 1. The summed E-state index contributed by atoms with van der Waals surface area (Å²) in [5, 5.41) is 15.5. The average molecular weight is 471 g/mol. The molecular formula is C26H19FN4O2S. The van der Waals surface area contributed by atoms with E-state index in [0.717, 1.165) is 11.1 Å². The molecule has 3 aromatic rings. The highest BCUT2D eigenvalue weighted by molar-refractivity contribution is 8.27. The second kappa shape index (κ2) is 9.07. The minimum atomic E-state index is -0.498. The zero-order chi connectivity index (χ0) is 23.7. The maximum absolute atomic E-state index is 13.8. The molecule has 6 nitrogen and oxygen atoms in total. The number of hydrazone groups is 1. The number of amides is 1. The molecule has 168 valence electrons. The van der Waals surface area contributed by atoms with Crippen LogP contribution in [0.1, 0.15) is 22.3 Å². The number of thioether (sulfide) groups is 1. The molecule has 0 unspecified atom stereocenters. The molecule has 0 radical (unpaired) electrons. The number of benzene rings is 3. The van der Waals surface area contributed by atoms with Gasteiger partial charge in [0.25, 0.3) is 5.91 Å². The van der Waals surface area contributed by atoms with Gasteiger partial charge in [0.1, 0.15) is 23.2 Å². The van der Waals surface area contributed by atoms with Crippen molar-refractivity contribution in [3.63, 3.8) is 0 Å². The van der Waals surface area contributed by atoms with Gasteiger partial charge in [0.05, 0.1) is 5.57 Å². The number of aliphatic imine (C=N–C) groups is 1. The first-order valence-corrected chi connectivity index (χ1v) is 11.3. The molecule has 0 aromatic heterocycles. The Hall–Kier alpha value is -4.04. The number of nitrogens with one attached hydrogen (secondary N) is 1. The van der Waals surface area contributed by atoms with Crippen molar-refractivity contribution in [2.24, 2.45) is 10.1 Å². The van der Waals surface area contributed by atoms with Gasteiger partial charge in [-0.15, -0.1) is 0 Å². The number of carbonyl (C=O) groups is 1. The standard InChI is InChI=1S/C26H19FN4O2S/c1-16-9-11-18(12-10-16)25-30-31-23(28)21(24(32)29-26(31)34-25)14-17-5-4-7-20(13-17)33-15-19-6-2-3-8-22(19)27/h2-14,28H,15H2,1H3/b21-14+,28-23?. The number of aryl methyl sites for hydroxylation is 1. The molecule has 2 aliphatic rings. The van der Waals surface area contributed by atoms with E-state index in [2.05, 4.69) is 10.1 Å². The lowest BCUT2D eigenvalue weighted by molar-refractivity contribution is -0.114. The van der Waals surface area contributed by atoms with Crippen LogP contribution in [-0.4, -0.2) is 27.0 Å². The van der Waals surface area contributed by atoms with E-state index < -0.39 is 5.91 Å². The third kappa shape index (κ3) is 4.40. The summed E-state index contributed by atoms with van der Waals surface area (Å²) in [5.74, 6) is -0.346. The second-order valence-corrected chi connectivity index (χ2v) is 8.70. The van der Waals surface area contributed by atoms with Crippen LogP contribution in [0.5, 0.6) is 5.75 Å². The highest BCUT2D eigenvalue weighted by atomic mass is 32.2. The molecule has 0 aliphatic carbocycles. The summed E-state index contributed by atoms with van der Waals surface area (Å²) in [4.78, 5) is 16.9. The van der Waals surface area contributed by atoms with E-state index in [0.29, 0.717) is 27.1 Å². The van der Waals surface area contributed by atoms with Crippen LogP contribution in [0.2, 0.25) is 0 Å². The Kier molecular flexibility index (Phi) is 5.81. The van der Waals surface area contributed by atoms with Crippen molar-refractivity contribution >= 4 is 39.8 Å². The number of fused-ring (bicyclic) bond motifs is 1. The number of amidine groups is 2. The monoisotopic (exact) mass is 470 g/mol. The first kappa shape index (κ1) is 21.8. The van der Waals surface area contributed by atoms with E-state index in [4.69, 9.17) is 10.1 Å². The number of nitrogens with zero attached hydrogens (tertiary/aromatic N) is 3. The zero-order valence-corrected chi connectivity index (χ0v) is 19.0. The molecule has 0 spiro atoms. The lowest BCUT2D eigenvalue weighted by Crippen LogP contribution is -2.35. The molecule has 1 N–H and O–H groups in total. The molecule has 0 fully saturated rings. The first-order valence-electron chi connectivity index (χ1n) is 10.5. The summed E-state index contributed by atoms with van der Waals surface area (Å²) in [6, 6.07) is 21.4. The van der Waals surface area contributed by atoms with Crippen LogP contribution >= 0.6 is 11.8 Å². The molecule has 8 heteroatoms. The molecule has 0 atom stereocenters. The molecule has 0 saturated carbocycles.